The number of likely N-dealkylation sites (tertiary alicyclic amines) is 1. The van der Waals surface area contributed by atoms with Gasteiger partial charge in [-0.15, -0.1) is 0 Å². The van der Waals surface area contributed by atoms with E-state index in [-0.39, 0.29) is 48.6 Å². The summed E-state index contributed by atoms with van der Waals surface area (Å²) in [5.74, 6) is -3.41. The van der Waals surface area contributed by atoms with Crippen LogP contribution in [0.2, 0.25) is 0 Å². The van der Waals surface area contributed by atoms with Gasteiger partial charge in [0.05, 0.1) is 16.9 Å². The second-order valence-corrected chi connectivity index (χ2v) is 13.6. The predicted molar refractivity (Wildman–Crippen MR) is 147 cm³/mol. The molecular formula is C31H25F8NO5S. The standard InChI is InChI=1S/C31H25F8NO5S/c1-17(27(42)43)18-2-4-19(5-3-18)26(41)40-15-14-28(46(44,45)23-10-8-22(32)9-11-23)24-12-7-21(16-20(24)6-13-25(28)40)29(33,30(34,35)36)31(37,38)39/h2-5,7-12,16-17,25H,6,13-15H2,1H3,(H,42,43)/t17?,25-,28-/m1/s1. The maximum Gasteiger partial charge on any atom is 0.435 e. The van der Waals surface area contributed by atoms with Crippen LogP contribution in [-0.4, -0.2) is 55.2 Å². The van der Waals surface area contributed by atoms with Gasteiger partial charge in [-0.3, -0.25) is 9.59 Å². The zero-order valence-electron chi connectivity index (χ0n) is 23.8. The van der Waals surface area contributed by atoms with Crippen molar-refractivity contribution in [2.75, 3.05) is 6.54 Å². The molecule has 3 aromatic rings. The van der Waals surface area contributed by atoms with Gasteiger partial charge in [0.25, 0.3) is 5.91 Å². The van der Waals surface area contributed by atoms with E-state index in [0.717, 1.165) is 30.3 Å². The molecular weight excluding hydrogens is 650 g/mol. The summed E-state index contributed by atoms with van der Waals surface area (Å²) >= 11 is 0. The fraction of sp³-hybridized carbons (Fsp3) is 0.355. The molecule has 1 heterocycles. The average molecular weight is 676 g/mol. The van der Waals surface area contributed by atoms with Crippen molar-refractivity contribution in [1.29, 1.82) is 0 Å². The van der Waals surface area contributed by atoms with Gasteiger partial charge in [0, 0.05) is 17.7 Å². The summed E-state index contributed by atoms with van der Waals surface area (Å²) in [5.41, 5.74) is -7.49. The number of hydrogen-bond acceptors (Lipinski definition) is 4. The Balaban J connectivity index is 1.65. The molecule has 3 atom stereocenters. The molecule has 0 bridgehead atoms. The van der Waals surface area contributed by atoms with Crippen LogP contribution in [0.1, 0.15) is 58.3 Å². The number of aryl methyl sites for hydroxylation is 1. The Bertz CT molecular complexity index is 1780. The van der Waals surface area contributed by atoms with E-state index >= 15 is 0 Å². The van der Waals surface area contributed by atoms with Gasteiger partial charge in [0.1, 0.15) is 10.6 Å². The average Bonchev–Trinajstić information content (AvgIpc) is 3.40. The number of nitrogens with zero attached hydrogens (tertiary/aromatic N) is 1. The Labute approximate surface area is 257 Å². The number of amides is 1. The second kappa shape index (κ2) is 11.1. The third-order valence-corrected chi connectivity index (χ3v) is 11.5. The lowest BCUT2D eigenvalue weighted by Gasteiger charge is -2.43. The number of hydrogen-bond donors (Lipinski definition) is 1. The number of rotatable bonds is 6. The van der Waals surface area contributed by atoms with E-state index in [9.17, 15) is 58.2 Å². The molecule has 1 N–H and O–H groups in total. The van der Waals surface area contributed by atoms with Gasteiger partial charge in [-0.25, -0.2) is 17.2 Å². The Morgan fingerprint density at radius 3 is 2.04 bits per heavy atom. The number of carboxylic acids is 1. The van der Waals surface area contributed by atoms with E-state index in [1.54, 1.807) is 0 Å². The highest BCUT2D eigenvalue weighted by Gasteiger charge is 2.74. The minimum atomic E-state index is -6.39. The molecule has 1 unspecified atom stereocenters. The molecule has 1 fully saturated rings. The minimum absolute atomic E-state index is 0.0787. The molecule has 6 nitrogen and oxygen atoms in total. The zero-order chi connectivity index (χ0) is 34.0. The van der Waals surface area contributed by atoms with E-state index in [1.807, 2.05) is 0 Å². The topological polar surface area (TPSA) is 91.8 Å². The van der Waals surface area contributed by atoms with E-state index in [4.69, 9.17) is 0 Å². The van der Waals surface area contributed by atoms with Gasteiger partial charge in [-0.05, 0) is 79.3 Å². The normalized spacial score (nSPS) is 21.0. The van der Waals surface area contributed by atoms with Crippen LogP contribution in [0.15, 0.2) is 71.6 Å². The van der Waals surface area contributed by atoms with Crippen LogP contribution in [0.5, 0.6) is 0 Å². The molecule has 1 saturated heterocycles. The second-order valence-electron chi connectivity index (χ2n) is 11.4. The van der Waals surface area contributed by atoms with Crippen molar-refractivity contribution in [2.45, 2.75) is 65.8 Å². The van der Waals surface area contributed by atoms with Crippen LogP contribution in [0.3, 0.4) is 0 Å². The van der Waals surface area contributed by atoms with Crippen molar-refractivity contribution in [3.63, 3.8) is 0 Å². The molecule has 1 aliphatic carbocycles. The monoisotopic (exact) mass is 675 g/mol. The molecule has 15 heteroatoms. The van der Waals surface area contributed by atoms with Crippen LogP contribution >= 0.6 is 0 Å². The van der Waals surface area contributed by atoms with E-state index < -0.39 is 72.7 Å². The third-order valence-electron chi connectivity index (χ3n) is 8.96. The van der Waals surface area contributed by atoms with Gasteiger partial charge < -0.3 is 10.0 Å². The molecule has 246 valence electrons. The number of sulfone groups is 1. The number of carbonyl (C=O) groups excluding carboxylic acids is 1. The first-order chi connectivity index (χ1) is 21.3. The molecule has 5 rings (SSSR count). The lowest BCUT2D eigenvalue weighted by atomic mass is 9.76. The summed E-state index contributed by atoms with van der Waals surface area (Å²) in [6, 6.07) is 9.44. The lowest BCUT2D eigenvalue weighted by Crippen LogP contribution is -2.53. The van der Waals surface area contributed by atoms with Gasteiger partial charge in [-0.2, -0.15) is 26.3 Å². The molecule has 0 spiro atoms. The van der Waals surface area contributed by atoms with Crippen molar-refractivity contribution < 1.29 is 58.2 Å². The molecule has 2 aliphatic rings. The fourth-order valence-electron chi connectivity index (χ4n) is 6.52. The number of aliphatic carboxylic acids is 1. The van der Waals surface area contributed by atoms with Gasteiger partial charge in [-0.1, -0.05) is 30.3 Å². The lowest BCUT2D eigenvalue weighted by molar-refractivity contribution is -0.348. The maximum atomic E-state index is 15.0. The molecule has 1 aliphatic heterocycles. The van der Waals surface area contributed by atoms with E-state index in [1.165, 1.54) is 36.1 Å². The molecule has 0 saturated carbocycles. The first-order valence-electron chi connectivity index (χ1n) is 13.9. The smallest absolute Gasteiger partial charge is 0.435 e. The number of carbonyl (C=O) groups is 2. The highest BCUT2D eigenvalue weighted by atomic mass is 32.2. The predicted octanol–water partition coefficient (Wildman–Crippen LogP) is 6.83. The summed E-state index contributed by atoms with van der Waals surface area (Å²) in [6.45, 7) is 1.24. The summed E-state index contributed by atoms with van der Waals surface area (Å²) in [7, 11) is -4.64. The quantitative estimate of drug-likeness (QED) is 0.229. The molecule has 1 amide bonds. The van der Waals surface area contributed by atoms with Crippen LogP contribution in [0, 0.1) is 5.82 Å². The van der Waals surface area contributed by atoms with E-state index in [2.05, 4.69) is 0 Å². The first kappa shape index (κ1) is 33.4. The SMILES string of the molecule is CC(C(=O)O)c1ccc(C(=O)N2CC[C@@]3(S(=O)(=O)c4ccc(F)cc4)c4ccc(C(F)(C(F)(F)F)C(F)(F)F)cc4CC[C@@H]23)cc1. The minimum Gasteiger partial charge on any atom is -0.481 e. The first-order valence-corrected chi connectivity index (χ1v) is 15.4. The van der Waals surface area contributed by atoms with Gasteiger partial charge >= 0.3 is 24.0 Å². The van der Waals surface area contributed by atoms with Gasteiger partial charge in [0.2, 0.25) is 0 Å². The molecule has 46 heavy (non-hydrogen) atoms. The molecule has 0 radical (unpaired) electrons. The number of benzene rings is 3. The molecule has 3 aromatic carbocycles. The Kier molecular flexibility index (Phi) is 8.02. The fourth-order valence-corrected chi connectivity index (χ4v) is 8.89. The van der Waals surface area contributed by atoms with Crippen molar-refractivity contribution in [2.24, 2.45) is 0 Å². The number of alkyl halides is 7. The van der Waals surface area contributed by atoms with Crippen molar-refractivity contribution in [3.05, 3.63) is 100 Å². The summed E-state index contributed by atoms with van der Waals surface area (Å²) in [5, 5.41) is 9.27. The summed E-state index contributed by atoms with van der Waals surface area (Å²) in [4.78, 5) is 25.9. The summed E-state index contributed by atoms with van der Waals surface area (Å²) < 4.78 is 137. The molecule has 0 aromatic heterocycles. The zero-order valence-corrected chi connectivity index (χ0v) is 24.6. The highest BCUT2D eigenvalue weighted by Crippen LogP contribution is 2.56. The number of halogens is 8. The number of carboxylic acid groups (broad SMARTS) is 1. The van der Waals surface area contributed by atoms with Crippen molar-refractivity contribution in [3.8, 4) is 0 Å². The van der Waals surface area contributed by atoms with Crippen molar-refractivity contribution >= 4 is 21.7 Å². The van der Waals surface area contributed by atoms with E-state index in [0.29, 0.717) is 11.6 Å². The highest BCUT2D eigenvalue weighted by molar-refractivity contribution is 7.92. The van der Waals surface area contributed by atoms with Crippen molar-refractivity contribution in [1.82, 2.24) is 4.90 Å². The number of fused-ring (bicyclic) bond motifs is 3. The largest absolute Gasteiger partial charge is 0.481 e. The Morgan fingerprint density at radius 2 is 1.50 bits per heavy atom. The Hall–Kier alpha value is -4.01. The van der Waals surface area contributed by atoms with Crippen LogP contribution in [0.4, 0.5) is 35.1 Å². The summed E-state index contributed by atoms with van der Waals surface area (Å²) in [6.07, 6.45) is -13.6. The Morgan fingerprint density at radius 1 is 0.913 bits per heavy atom. The van der Waals surface area contributed by atoms with Crippen LogP contribution < -0.4 is 0 Å². The van der Waals surface area contributed by atoms with Crippen LogP contribution in [-0.2, 0) is 31.5 Å². The van der Waals surface area contributed by atoms with Crippen LogP contribution in [0.25, 0.3) is 0 Å². The van der Waals surface area contributed by atoms with Gasteiger partial charge in [0.15, 0.2) is 9.84 Å². The maximum absolute atomic E-state index is 15.0. The third kappa shape index (κ3) is 4.94.